The molecular formula is C12H20N2O2. The highest BCUT2D eigenvalue weighted by atomic mass is 16.5. The van der Waals surface area contributed by atoms with E-state index in [-0.39, 0.29) is 5.97 Å². The largest absolute Gasteiger partial charge is 0.461 e. The van der Waals surface area contributed by atoms with Crippen molar-refractivity contribution in [1.29, 1.82) is 0 Å². The molecule has 1 aromatic heterocycles. The Hall–Kier alpha value is -1.45. The van der Waals surface area contributed by atoms with Crippen LogP contribution in [0.4, 0.5) is 0 Å². The van der Waals surface area contributed by atoms with Gasteiger partial charge in [0.1, 0.15) is 5.69 Å². The monoisotopic (exact) mass is 224 g/mol. The van der Waals surface area contributed by atoms with Gasteiger partial charge in [0, 0.05) is 12.7 Å². The molecule has 1 N–H and O–H groups in total. The maximum atomic E-state index is 11.5. The molecule has 90 valence electrons. The van der Waals surface area contributed by atoms with E-state index in [1.807, 2.05) is 12.3 Å². The zero-order valence-corrected chi connectivity index (χ0v) is 10.0. The Bertz CT molecular complexity index is 321. The van der Waals surface area contributed by atoms with Gasteiger partial charge < -0.3 is 10.2 Å². The second-order valence-electron chi connectivity index (χ2n) is 3.60. The zero-order chi connectivity index (χ0) is 11.8. The quantitative estimate of drug-likeness (QED) is 0.571. The summed E-state index contributed by atoms with van der Waals surface area (Å²) >= 11 is 0. The van der Waals surface area contributed by atoms with E-state index in [1.165, 1.54) is 12.8 Å². The van der Waals surface area contributed by atoms with Gasteiger partial charge in [-0.1, -0.05) is 19.8 Å². The third-order valence-corrected chi connectivity index (χ3v) is 2.30. The van der Waals surface area contributed by atoms with Gasteiger partial charge in [-0.15, -0.1) is 0 Å². The van der Waals surface area contributed by atoms with E-state index < -0.39 is 0 Å². The smallest absolute Gasteiger partial charge is 0.356 e. The van der Waals surface area contributed by atoms with E-state index in [1.54, 1.807) is 17.7 Å². The summed E-state index contributed by atoms with van der Waals surface area (Å²) in [5, 5.41) is 0. The highest BCUT2D eigenvalue weighted by molar-refractivity contribution is 5.87. The second-order valence-corrected chi connectivity index (χ2v) is 3.60. The first-order chi connectivity index (χ1) is 7.79. The van der Waals surface area contributed by atoms with Gasteiger partial charge in [0.15, 0.2) is 0 Å². The van der Waals surface area contributed by atoms with Crippen molar-refractivity contribution >= 4 is 5.97 Å². The van der Waals surface area contributed by atoms with E-state index >= 15 is 0 Å². The molecule has 0 aliphatic heterocycles. The summed E-state index contributed by atoms with van der Waals surface area (Å²) in [5.41, 5.74) is 3.74. The molecule has 0 radical (unpaired) electrons. The van der Waals surface area contributed by atoms with Crippen LogP contribution in [0.25, 0.3) is 0 Å². The van der Waals surface area contributed by atoms with Crippen LogP contribution in [0.3, 0.4) is 0 Å². The number of unbranched alkanes of at least 4 members (excludes halogenated alkanes) is 2. The number of aromatic nitrogens is 1. The molecule has 0 amide bonds. The molecule has 0 aliphatic carbocycles. The zero-order valence-electron chi connectivity index (χ0n) is 10.0. The SMILES string of the molecule is CCCCCNn1cccc1C(=O)OCC. The Labute approximate surface area is 96.6 Å². The summed E-state index contributed by atoms with van der Waals surface area (Å²) in [5.74, 6) is -0.282. The van der Waals surface area contributed by atoms with Crippen molar-refractivity contribution < 1.29 is 9.53 Å². The Balaban J connectivity index is 2.47. The van der Waals surface area contributed by atoms with Crippen LogP contribution in [0.1, 0.15) is 43.6 Å². The van der Waals surface area contributed by atoms with Crippen LogP contribution in [-0.4, -0.2) is 23.8 Å². The molecule has 0 atom stereocenters. The summed E-state index contributed by atoms with van der Waals surface area (Å²) < 4.78 is 6.68. The Kier molecular flexibility index (Phi) is 5.46. The van der Waals surface area contributed by atoms with Crippen molar-refractivity contribution in [2.75, 3.05) is 18.6 Å². The summed E-state index contributed by atoms with van der Waals surface area (Å²) in [6.07, 6.45) is 5.33. The van der Waals surface area contributed by atoms with E-state index in [9.17, 15) is 4.79 Å². The molecule has 4 nitrogen and oxygen atoms in total. The molecule has 0 saturated heterocycles. The maximum absolute atomic E-state index is 11.5. The van der Waals surface area contributed by atoms with E-state index in [0.29, 0.717) is 12.3 Å². The standard InChI is InChI=1S/C12H20N2O2/c1-3-5-6-9-13-14-10-7-8-11(14)12(15)16-4-2/h7-8,10,13H,3-6,9H2,1-2H3. The lowest BCUT2D eigenvalue weighted by Gasteiger charge is -2.10. The molecular weight excluding hydrogens is 204 g/mol. The number of nitrogens with one attached hydrogen (secondary N) is 1. The van der Waals surface area contributed by atoms with Gasteiger partial charge in [0.05, 0.1) is 6.61 Å². The lowest BCUT2D eigenvalue weighted by Crippen LogP contribution is -2.21. The van der Waals surface area contributed by atoms with E-state index in [4.69, 9.17) is 4.74 Å². The van der Waals surface area contributed by atoms with Gasteiger partial charge in [-0.25, -0.2) is 4.79 Å². The second kappa shape index (κ2) is 6.93. The number of hydrogen-bond donors (Lipinski definition) is 1. The molecule has 0 fully saturated rings. The van der Waals surface area contributed by atoms with Crippen LogP contribution in [-0.2, 0) is 4.74 Å². The molecule has 1 aromatic rings. The highest BCUT2D eigenvalue weighted by Crippen LogP contribution is 2.03. The third-order valence-electron chi connectivity index (χ3n) is 2.30. The van der Waals surface area contributed by atoms with Crippen molar-refractivity contribution in [3.63, 3.8) is 0 Å². The van der Waals surface area contributed by atoms with Crippen molar-refractivity contribution in [2.24, 2.45) is 0 Å². The predicted octanol–water partition coefficient (Wildman–Crippen LogP) is 2.40. The predicted molar refractivity (Wildman–Crippen MR) is 64.1 cm³/mol. The first kappa shape index (κ1) is 12.6. The average molecular weight is 224 g/mol. The van der Waals surface area contributed by atoms with Gasteiger partial charge in [-0.2, -0.15) is 0 Å². The fourth-order valence-corrected chi connectivity index (χ4v) is 1.46. The first-order valence-electron chi connectivity index (χ1n) is 5.88. The number of ether oxygens (including phenoxy) is 1. The van der Waals surface area contributed by atoms with Crippen LogP contribution in [0.5, 0.6) is 0 Å². The lowest BCUT2D eigenvalue weighted by atomic mass is 10.2. The van der Waals surface area contributed by atoms with Crippen molar-refractivity contribution in [3.05, 3.63) is 24.0 Å². The fourth-order valence-electron chi connectivity index (χ4n) is 1.46. The van der Waals surface area contributed by atoms with Crippen molar-refractivity contribution in [3.8, 4) is 0 Å². The minimum absolute atomic E-state index is 0.282. The molecule has 0 bridgehead atoms. The maximum Gasteiger partial charge on any atom is 0.356 e. The highest BCUT2D eigenvalue weighted by Gasteiger charge is 2.10. The number of hydrogen-bond acceptors (Lipinski definition) is 3. The summed E-state index contributed by atoms with van der Waals surface area (Å²) in [6.45, 7) is 5.24. The molecule has 0 spiro atoms. The number of carbonyl (C=O) groups is 1. The fraction of sp³-hybridized carbons (Fsp3) is 0.583. The molecule has 1 rings (SSSR count). The summed E-state index contributed by atoms with van der Waals surface area (Å²) in [6, 6.07) is 3.59. The van der Waals surface area contributed by atoms with E-state index in [2.05, 4.69) is 12.3 Å². The minimum Gasteiger partial charge on any atom is -0.461 e. The summed E-state index contributed by atoms with van der Waals surface area (Å²) in [4.78, 5) is 11.5. The van der Waals surface area contributed by atoms with Gasteiger partial charge in [0.25, 0.3) is 0 Å². The molecule has 1 heterocycles. The number of esters is 1. The van der Waals surface area contributed by atoms with Crippen LogP contribution < -0.4 is 5.43 Å². The lowest BCUT2D eigenvalue weighted by molar-refractivity contribution is 0.0515. The number of nitrogens with zero attached hydrogens (tertiary/aromatic N) is 1. The van der Waals surface area contributed by atoms with Crippen molar-refractivity contribution in [2.45, 2.75) is 33.1 Å². The Morgan fingerprint density at radius 3 is 2.94 bits per heavy atom. The normalized spacial score (nSPS) is 10.1. The Morgan fingerprint density at radius 2 is 2.25 bits per heavy atom. The summed E-state index contributed by atoms with van der Waals surface area (Å²) in [7, 11) is 0. The molecule has 0 aliphatic rings. The van der Waals surface area contributed by atoms with Gasteiger partial charge in [-0.3, -0.25) is 4.68 Å². The van der Waals surface area contributed by atoms with Crippen LogP contribution >= 0.6 is 0 Å². The number of rotatable bonds is 7. The molecule has 0 unspecified atom stereocenters. The van der Waals surface area contributed by atoms with Crippen LogP contribution in [0.15, 0.2) is 18.3 Å². The van der Waals surface area contributed by atoms with Crippen molar-refractivity contribution in [1.82, 2.24) is 4.68 Å². The van der Waals surface area contributed by atoms with Crippen LogP contribution in [0, 0.1) is 0 Å². The van der Waals surface area contributed by atoms with Gasteiger partial charge >= 0.3 is 5.97 Å². The molecule has 0 aromatic carbocycles. The minimum atomic E-state index is -0.282. The topological polar surface area (TPSA) is 43.3 Å². The third kappa shape index (κ3) is 3.61. The average Bonchev–Trinajstić information content (AvgIpc) is 2.73. The number of carbonyl (C=O) groups excluding carboxylic acids is 1. The van der Waals surface area contributed by atoms with E-state index in [0.717, 1.165) is 13.0 Å². The molecule has 4 heteroatoms. The molecule has 0 saturated carbocycles. The van der Waals surface area contributed by atoms with Gasteiger partial charge in [-0.05, 0) is 25.5 Å². The van der Waals surface area contributed by atoms with Gasteiger partial charge in [0.2, 0.25) is 0 Å². The van der Waals surface area contributed by atoms with Crippen LogP contribution in [0.2, 0.25) is 0 Å². The Morgan fingerprint density at radius 1 is 1.44 bits per heavy atom. The molecule has 16 heavy (non-hydrogen) atoms. The first-order valence-corrected chi connectivity index (χ1v) is 5.88.